The summed E-state index contributed by atoms with van der Waals surface area (Å²) in [7, 11) is 0. The molecule has 0 unspecified atom stereocenters. The summed E-state index contributed by atoms with van der Waals surface area (Å²) in [5.41, 5.74) is 0.802. The fourth-order valence-electron chi connectivity index (χ4n) is 0.719. The Balaban J connectivity index is 3.01. The number of alkyl halides is 1. The summed E-state index contributed by atoms with van der Waals surface area (Å²) in [6, 6.07) is 4.44. The molecule has 0 saturated carbocycles. The van der Waals surface area contributed by atoms with E-state index in [2.05, 4.69) is 43.7 Å². The Morgan fingerprint density at radius 3 is 2.75 bits per heavy atom. The van der Waals surface area contributed by atoms with Crippen molar-refractivity contribution in [2.24, 2.45) is 0 Å². The third-order valence-electron chi connectivity index (χ3n) is 1.22. The Kier molecular flexibility index (Phi) is 3.77. The van der Waals surface area contributed by atoms with Gasteiger partial charge in [0, 0.05) is 10.0 Å². The lowest BCUT2D eigenvalue weighted by atomic mass is 10.2. The highest BCUT2D eigenvalue weighted by Gasteiger charge is 1.96. The molecule has 0 bridgehead atoms. The van der Waals surface area contributed by atoms with Gasteiger partial charge in [-0.05, 0) is 34.1 Å². The lowest BCUT2D eigenvalue weighted by Crippen LogP contribution is -1.79. The molecule has 0 amide bonds. The minimum Gasteiger partial charge on any atom is -0.207 e. The largest absolute Gasteiger partial charge is 0.207 e. The average Bonchev–Trinajstić information content (AvgIpc) is 2.03. The molecule has 0 aliphatic rings. The van der Waals surface area contributed by atoms with E-state index in [0.29, 0.717) is 9.80 Å². The Morgan fingerprint density at radius 2 is 2.17 bits per heavy atom. The summed E-state index contributed by atoms with van der Waals surface area (Å²) in [5, 5.41) is 0.622. The second-order valence-corrected chi connectivity index (χ2v) is 3.47. The van der Waals surface area contributed by atoms with Gasteiger partial charge in [-0.2, -0.15) is 0 Å². The van der Waals surface area contributed by atoms with E-state index in [1.165, 1.54) is 12.1 Å². The number of halogens is 3. The van der Waals surface area contributed by atoms with Gasteiger partial charge in [0.2, 0.25) is 0 Å². The van der Waals surface area contributed by atoms with Crippen molar-refractivity contribution in [3.63, 3.8) is 0 Å². The highest BCUT2D eigenvalue weighted by atomic mass is 79.9. The molecule has 0 heterocycles. The fraction of sp³-hybridized carbons (Fsp3) is 0.111. The van der Waals surface area contributed by atoms with Crippen LogP contribution in [0.15, 0.2) is 22.7 Å². The molecule has 0 aliphatic carbocycles. The molecule has 3 heteroatoms. The zero-order valence-electron chi connectivity index (χ0n) is 6.07. The van der Waals surface area contributed by atoms with Crippen molar-refractivity contribution in [3.8, 4) is 11.8 Å². The van der Waals surface area contributed by atoms with Crippen LogP contribution >= 0.6 is 31.9 Å². The molecule has 1 aromatic carbocycles. The van der Waals surface area contributed by atoms with Gasteiger partial charge in [0.1, 0.15) is 5.82 Å². The Morgan fingerprint density at radius 1 is 1.42 bits per heavy atom. The zero-order valence-corrected chi connectivity index (χ0v) is 9.25. The molecule has 0 radical (unpaired) electrons. The normalized spacial score (nSPS) is 8.92. The minimum absolute atomic E-state index is 0.258. The monoisotopic (exact) mass is 290 g/mol. The fourth-order valence-corrected chi connectivity index (χ4v) is 1.31. The predicted octanol–water partition coefficient (Wildman–Crippen LogP) is 3.33. The molecule has 0 spiro atoms. The van der Waals surface area contributed by atoms with Crippen molar-refractivity contribution >= 4 is 31.9 Å². The van der Waals surface area contributed by atoms with Crippen LogP contribution in [-0.4, -0.2) is 5.33 Å². The molecule has 0 nitrogen and oxygen atoms in total. The highest BCUT2D eigenvalue weighted by Crippen LogP contribution is 2.16. The topological polar surface area (TPSA) is 0 Å². The summed E-state index contributed by atoms with van der Waals surface area (Å²) in [6.45, 7) is 0. The van der Waals surface area contributed by atoms with Crippen molar-refractivity contribution in [3.05, 3.63) is 34.1 Å². The van der Waals surface area contributed by atoms with Crippen LogP contribution in [0.1, 0.15) is 5.56 Å². The first kappa shape index (κ1) is 9.76. The molecule has 0 N–H and O–H groups in total. The van der Waals surface area contributed by atoms with Crippen LogP contribution in [-0.2, 0) is 0 Å². The molecule has 1 rings (SSSR count). The van der Waals surface area contributed by atoms with E-state index in [4.69, 9.17) is 0 Å². The number of rotatable bonds is 0. The van der Waals surface area contributed by atoms with Gasteiger partial charge in [-0.3, -0.25) is 0 Å². The van der Waals surface area contributed by atoms with Crippen LogP contribution in [0.5, 0.6) is 0 Å². The average molecular weight is 292 g/mol. The highest BCUT2D eigenvalue weighted by molar-refractivity contribution is 9.10. The van der Waals surface area contributed by atoms with Gasteiger partial charge < -0.3 is 0 Å². The first-order chi connectivity index (χ1) is 5.74. The van der Waals surface area contributed by atoms with Crippen molar-refractivity contribution in [2.45, 2.75) is 0 Å². The van der Waals surface area contributed by atoms with Crippen molar-refractivity contribution in [1.82, 2.24) is 0 Å². The Hall–Kier alpha value is -0.330. The maximum atomic E-state index is 12.6. The summed E-state index contributed by atoms with van der Waals surface area (Å²) in [4.78, 5) is 0. The summed E-state index contributed by atoms with van der Waals surface area (Å²) in [5.74, 6) is 5.46. The molecule has 62 valence electrons. The van der Waals surface area contributed by atoms with Gasteiger partial charge in [-0.1, -0.05) is 27.8 Å². The molecule has 0 aromatic heterocycles. The van der Waals surface area contributed by atoms with Crippen LogP contribution in [0.2, 0.25) is 0 Å². The second-order valence-electron chi connectivity index (χ2n) is 2.06. The molecule has 12 heavy (non-hydrogen) atoms. The van der Waals surface area contributed by atoms with Crippen molar-refractivity contribution < 1.29 is 4.39 Å². The standard InChI is InChI=1S/C9H5Br2F/c10-5-1-2-7-3-4-8(12)6-9(7)11/h3-4,6H,5H2. The number of benzene rings is 1. The molecule has 0 aliphatic heterocycles. The van der Waals surface area contributed by atoms with Crippen LogP contribution in [0, 0.1) is 17.7 Å². The number of hydrogen-bond donors (Lipinski definition) is 0. The smallest absolute Gasteiger partial charge is 0.124 e. The van der Waals surface area contributed by atoms with E-state index in [1.807, 2.05) is 0 Å². The van der Waals surface area contributed by atoms with Gasteiger partial charge in [-0.15, -0.1) is 0 Å². The van der Waals surface area contributed by atoms with Crippen LogP contribution in [0.25, 0.3) is 0 Å². The molecule has 0 atom stereocenters. The van der Waals surface area contributed by atoms with Gasteiger partial charge in [0.15, 0.2) is 0 Å². The maximum absolute atomic E-state index is 12.6. The van der Waals surface area contributed by atoms with Gasteiger partial charge in [0.25, 0.3) is 0 Å². The molecule has 0 saturated heterocycles. The Labute approximate surface area is 87.4 Å². The van der Waals surface area contributed by atoms with E-state index < -0.39 is 0 Å². The molecule has 1 aromatic rings. The van der Waals surface area contributed by atoms with Crippen LogP contribution < -0.4 is 0 Å². The van der Waals surface area contributed by atoms with E-state index >= 15 is 0 Å². The summed E-state index contributed by atoms with van der Waals surface area (Å²) >= 11 is 6.40. The van der Waals surface area contributed by atoms with Crippen LogP contribution in [0.3, 0.4) is 0 Å². The molecular weight excluding hydrogens is 287 g/mol. The summed E-state index contributed by atoms with van der Waals surface area (Å²) < 4.78 is 13.3. The van der Waals surface area contributed by atoms with Crippen molar-refractivity contribution in [1.29, 1.82) is 0 Å². The summed E-state index contributed by atoms with van der Waals surface area (Å²) in [6.07, 6.45) is 0. The van der Waals surface area contributed by atoms with E-state index in [-0.39, 0.29) is 5.82 Å². The minimum atomic E-state index is -0.258. The van der Waals surface area contributed by atoms with Gasteiger partial charge in [-0.25, -0.2) is 4.39 Å². The van der Waals surface area contributed by atoms with E-state index in [0.717, 1.165) is 5.56 Å². The maximum Gasteiger partial charge on any atom is 0.124 e. The van der Waals surface area contributed by atoms with Gasteiger partial charge >= 0.3 is 0 Å². The van der Waals surface area contributed by atoms with E-state index in [1.54, 1.807) is 6.07 Å². The van der Waals surface area contributed by atoms with Crippen molar-refractivity contribution in [2.75, 3.05) is 5.33 Å². The first-order valence-corrected chi connectivity index (χ1v) is 5.15. The SMILES string of the molecule is Fc1ccc(C#CCBr)c(Br)c1. The number of hydrogen-bond acceptors (Lipinski definition) is 0. The van der Waals surface area contributed by atoms with E-state index in [9.17, 15) is 4.39 Å². The van der Waals surface area contributed by atoms with Gasteiger partial charge in [0.05, 0.1) is 5.33 Å². The molecule has 0 fully saturated rings. The lowest BCUT2D eigenvalue weighted by Gasteiger charge is -1.94. The second kappa shape index (κ2) is 4.64. The first-order valence-electron chi connectivity index (χ1n) is 3.24. The third kappa shape index (κ3) is 2.62. The molecular formula is C9H5Br2F. The van der Waals surface area contributed by atoms with Crippen LogP contribution in [0.4, 0.5) is 4.39 Å². The Bertz CT molecular complexity index is 336. The predicted molar refractivity (Wildman–Crippen MR) is 54.8 cm³/mol. The zero-order chi connectivity index (χ0) is 8.97. The third-order valence-corrected chi connectivity index (χ3v) is 2.16. The quantitative estimate of drug-likeness (QED) is 0.508. The lowest BCUT2D eigenvalue weighted by molar-refractivity contribution is 0.627.